The number of rotatable bonds is 6. The largest absolute Gasteiger partial charge is 0.314 e. The van der Waals surface area contributed by atoms with Gasteiger partial charge in [0, 0.05) is 12.3 Å². The van der Waals surface area contributed by atoms with Gasteiger partial charge in [0.15, 0.2) is 0 Å². The molecular formula is C14H27NO2S. The SMILES string of the molecule is CC(CCNC1CC1)C1CCCC(S(C)(=O)=O)C1. The molecule has 0 spiro atoms. The van der Waals surface area contributed by atoms with E-state index in [1.54, 1.807) is 0 Å². The fraction of sp³-hybridized carbons (Fsp3) is 1.00. The topological polar surface area (TPSA) is 46.2 Å². The van der Waals surface area contributed by atoms with Gasteiger partial charge in [0.2, 0.25) is 0 Å². The van der Waals surface area contributed by atoms with E-state index >= 15 is 0 Å². The molecule has 0 aromatic rings. The van der Waals surface area contributed by atoms with E-state index in [4.69, 9.17) is 0 Å². The predicted molar refractivity (Wildman–Crippen MR) is 75.4 cm³/mol. The molecule has 2 aliphatic rings. The highest BCUT2D eigenvalue weighted by molar-refractivity contribution is 7.91. The molecule has 2 fully saturated rings. The van der Waals surface area contributed by atoms with Crippen molar-refractivity contribution in [3.8, 4) is 0 Å². The number of hydrogen-bond acceptors (Lipinski definition) is 3. The summed E-state index contributed by atoms with van der Waals surface area (Å²) in [4.78, 5) is 0. The van der Waals surface area contributed by atoms with Crippen LogP contribution in [0.3, 0.4) is 0 Å². The van der Waals surface area contributed by atoms with E-state index in [1.807, 2.05) is 0 Å². The van der Waals surface area contributed by atoms with Crippen molar-refractivity contribution in [2.75, 3.05) is 12.8 Å². The molecule has 2 aliphatic carbocycles. The Morgan fingerprint density at radius 2 is 1.94 bits per heavy atom. The first-order valence-corrected chi connectivity index (χ1v) is 9.34. The van der Waals surface area contributed by atoms with Crippen molar-refractivity contribution in [2.24, 2.45) is 11.8 Å². The van der Waals surface area contributed by atoms with Crippen LogP contribution in [0.15, 0.2) is 0 Å². The van der Waals surface area contributed by atoms with Crippen LogP contribution >= 0.6 is 0 Å². The van der Waals surface area contributed by atoms with Crippen LogP contribution in [0.1, 0.15) is 51.9 Å². The zero-order chi connectivity index (χ0) is 13.2. The van der Waals surface area contributed by atoms with Gasteiger partial charge in [-0.15, -0.1) is 0 Å². The standard InChI is InChI=1S/C14H27NO2S/c1-11(8-9-15-13-6-7-13)12-4-3-5-14(10-12)18(2,16)17/h11-15H,3-10H2,1-2H3. The third-order valence-electron chi connectivity index (χ3n) is 4.69. The lowest BCUT2D eigenvalue weighted by Crippen LogP contribution is -2.31. The quantitative estimate of drug-likeness (QED) is 0.808. The summed E-state index contributed by atoms with van der Waals surface area (Å²) in [6.45, 7) is 3.40. The molecule has 0 heterocycles. The molecule has 18 heavy (non-hydrogen) atoms. The van der Waals surface area contributed by atoms with E-state index in [2.05, 4.69) is 12.2 Å². The lowest BCUT2D eigenvalue weighted by molar-refractivity contribution is 0.252. The molecule has 2 saturated carbocycles. The van der Waals surface area contributed by atoms with Gasteiger partial charge in [0.25, 0.3) is 0 Å². The van der Waals surface area contributed by atoms with Gasteiger partial charge in [0.05, 0.1) is 5.25 Å². The zero-order valence-corrected chi connectivity index (χ0v) is 12.5. The first kappa shape index (κ1) is 14.3. The molecule has 106 valence electrons. The van der Waals surface area contributed by atoms with Crippen LogP contribution in [-0.2, 0) is 9.84 Å². The first-order chi connectivity index (χ1) is 8.47. The van der Waals surface area contributed by atoms with E-state index in [0.717, 1.165) is 31.8 Å². The van der Waals surface area contributed by atoms with Gasteiger partial charge in [-0.05, 0) is 50.5 Å². The van der Waals surface area contributed by atoms with Crippen LogP contribution in [-0.4, -0.2) is 32.5 Å². The number of nitrogens with one attached hydrogen (secondary N) is 1. The maximum Gasteiger partial charge on any atom is 0.150 e. The molecule has 0 amide bonds. The van der Waals surface area contributed by atoms with E-state index in [0.29, 0.717) is 11.8 Å². The summed E-state index contributed by atoms with van der Waals surface area (Å²) in [7, 11) is -2.83. The Morgan fingerprint density at radius 1 is 1.22 bits per heavy atom. The smallest absolute Gasteiger partial charge is 0.150 e. The summed E-state index contributed by atoms with van der Waals surface area (Å²) in [6, 6.07) is 0.785. The third-order valence-corrected chi connectivity index (χ3v) is 6.33. The molecule has 4 heteroatoms. The summed E-state index contributed by atoms with van der Waals surface area (Å²) < 4.78 is 23.3. The maximum absolute atomic E-state index is 11.7. The average Bonchev–Trinajstić information content (AvgIpc) is 3.12. The van der Waals surface area contributed by atoms with Crippen LogP contribution in [0.25, 0.3) is 0 Å². The molecule has 0 radical (unpaired) electrons. The van der Waals surface area contributed by atoms with Crippen LogP contribution in [0.4, 0.5) is 0 Å². The van der Waals surface area contributed by atoms with Gasteiger partial charge >= 0.3 is 0 Å². The number of hydrogen-bond donors (Lipinski definition) is 1. The minimum atomic E-state index is -2.83. The molecule has 3 unspecified atom stereocenters. The Balaban J connectivity index is 1.76. The highest BCUT2D eigenvalue weighted by Crippen LogP contribution is 2.34. The van der Waals surface area contributed by atoms with Crippen molar-refractivity contribution in [1.29, 1.82) is 0 Å². The molecule has 2 rings (SSSR count). The first-order valence-electron chi connectivity index (χ1n) is 7.39. The zero-order valence-electron chi connectivity index (χ0n) is 11.7. The van der Waals surface area contributed by atoms with Gasteiger partial charge in [-0.25, -0.2) is 8.42 Å². The molecule has 3 atom stereocenters. The predicted octanol–water partition coefficient (Wildman–Crippen LogP) is 2.37. The Hall–Kier alpha value is -0.0900. The van der Waals surface area contributed by atoms with Crippen molar-refractivity contribution in [2.45, 2.75) is 63.2 Å². The normalized spacial score (nSPS) is 31.2. The van der Waals surface area contributed by atoms with E-state index in [-0.39, 0.29) is 5.25 Å². The average molecular weight is 273 g/mol. The fourth-order valence-electron chi connectivity index (χ4n) is 3.13. The molecule has 0 saturated heterocycles. The Bertz CT molecular complexity index is 362. The van der Waals surface area contributed by atoms with Crippen LogP contribution in [0, 0.1) is 11.8 Å². The van der Waals surface area contributed by atoms with Gasteiger partial charge in [-0.2, -0.15) is 0 Å². The van der Waals surface area contributed by atoms with E-state index in [9.17, 15) is 8.42 Å². The van der Waals surface area contributed by atoms with Crippen molar-refractivity contribution >= 4 is 9.84 Å². The fourth-order valence-corrected chi connectivity index (χ4v) is 4.32. The van der Waals surface area contributed by atoms with Crippen LogP contribution in [0.2, 0.25) is 0 Å². The van der Waals surface area contributed by atoms with Gasteiger partial charge in [-0.1, -0.05) is 19.8 Å². The van der Waals surface area contributed by atoms with Crippen molar-refractivity contribution < 1.29 is 8.42 Å². The second-order valence-corrected chi connectivity index (χ2v) is 8.70. The van der Waals surface area contributed by atoms with Gasteiger partial charge in [0.1, 0.15) is 9.84 Å². The van der Waals surface area contributed by atoms with Gasteiger partial charge < -0.3 is 5.32 Å². The Morgan fingerprint density at radius 3 is 2.56 bits per heavy atom. The highest BCUT2D eigenvalue weighted by atomic mass is 32.2. The monoisotopic (exact) mass is 273 g/mol. The summed E-state index contributed by atoms with van der Waals surface area (Å²) in [6.07, 6.45) is 9.35. The lowest BCUT2D eigenvalue weighted by Gasteiger charge is -2.32. The highest BCUT2D eigenvalue weighted by Gasteiger charge is 2.31. The van der Waals surface area contributed by atoms with Crippen molar-refractivity contribution in [1.82, 2.24) is 5.32 Å². The van der Waals surface area contributed by atoms with Gasteiger partial charge in [-0.3, -0.25) is 0 Å². The second-order valence-electron chi connectivity index (χ2n) is 6.37. The second kappa shape index (κ2) is 5.91. The van der Waals surface area contributed by atoms with Crippen LogP contribution in [0.5, 0.6) is 0 Å². The summed E-state index contributed by atoms with van der Waals surface area (Å²) >= 11 is 0. The van der Waals surface area contributed by atoms with Crippen molar-refractivity contribution in [3.05, 3.63) is 0 Å². The molecule has 0 aromatic carbocycles. The molecule has 0 bridgehead atoms. The summed E-state index contributed by atoms with van der Waals surface area (Å²) in [5.41, 5.74) is 0. The van der Waals surface area contributed by atoms with E-state index < -0.39 is 9.84 Å². The summed E-state index contributed by atoms with van der Waals surface area (Å²) in [5.74, 6) is 1.26. The summed E-state index contributed by atoms with van der Waals surface area (Å²) in [5, 5.41) is 3.48. The minimum Gasteiger partial charge on any atom is -0.314 e. The Labute approximate surface area is 112 Å². The Kier molecular flexibility index (Phi) is 4.70. The maximum atomic E-state index is 11.7. The lowest BCUT2D eigenvalue weighted by atomic mass is 9.79. The molecule has 1 N–H and O–H groups in total. The third kappa shape index (κ3) is 4.23. The molecule has 0 aliphatic heterocycles. The number of sulfone groups is 1. The molecule has 0 aromatic heterocycles. The van der Waals surface area contributed by atoms with Crippen LogP contribution < -0.4 is 5.32 Å². The molecular weight excluding hydrogens is 246 g/mol. The van der Waals surface area contributed by atoms with Crippen molar-refractivity contribution in [3.63, 3.8) is 0 Å². The van der Waals surface area contributed by atoms with E-state index in [1.165, 1.54) is 31.9 Å². The minimum absolute atomic E-state index is 0.0740. The molecule has 3 nitrogen and oxygen atoms in total.